The van der Waals surface area contributed by atoms with E-state index in [1.54, 1.807) is 7.11 Å². The molecule has 0 saturated heterocycles. The average Bonchev–Trinajstić information content (AvgIpc) is 3.00. The van der Waals surface area contributed by atoms with E-state index in [2.05, 4.69) is 21.3 Å². The largest absolute Gasteiger partial charge is 0.393 e. The molecule has 3 N–H and O–H groups in total. The zero-order valence-electron chi connectivity index (χ0n) is 14.7. The van der Waals surface area contributed by atoms with E-state index >= 15 is 0 Å². The first-order valence-electron chi connectivity index (χ1n) is 8.96. The predicted molar refractivity (Wildman–Crippen MR) is 98.8 cm³/mol. The lowest BCUT2D eigenvalue weighted by atomic mass is 9.87. The molecule has 136 valence electrons. The number of fused-ring (bicyclic) bond motifs is 1. The van der Waals surface area contributed by atoms with Gasteiger partial charge in [-0.05, 0) is 48.8 Å². The summed E-state index contributed by atoms with van der Waals surface area (Å²) in [6, 6.07) is 7.76. The summed E-state index contributed by atoms with van der Waals surface area (Å²) < 4.78 is 7.25. The highest BCUT2D eigenvalue weighted by Crippen LogP contribution is 2.24. The van der Waals surface area contributed by atoms with Crippen molar-refractivity contribution in [1.29, 1.82) is 0 Å². The SMILES string of the molecule is COCCn1ccc2ccc(NC(=O)NCC3CCCC(O)C3)cc21. The predicted octanol–water partition coefficient (Wildman–Crippen LogP) is 2.96. The summed E-state index contributed by atoms with van der Waals surface area (Å²) in [4.78, 5) is 12.2. The molecule has 1 heterocycles. The van der Waals surface area contributed by atoms with Gasteiger partial charge in [-0.1, -0.05) is 12.5 Å². The summed E-state index contributed by atoms with van der Waals surface area (Å²) in [7, 11) is 1.69. The Bertz CT molecular complexity index is 713. The van der Waals surface area contributed by atoms with Gasteiger partial charge in [0.05, 0.1) is 18.2 Å². The van der Waals surface area contributed by atoms with Gasteiger partial charge in [0, 0.05) is 32.1 Å². The van der Waals surface area contributed by atoms with Gasteiger partial charge >= 0.3 is 6.03 Å². The van der Waals surface area contributed by atoms with Gasteiger partial charge in [0.1, 0.15) is 0 Å². The molecule has 1 aromatic heterocycles. The van der Waals surface area contributed by atoms with Gasteiger partial charge in [-0.2, -0.15) is 0 Å². The van der Waals surface area contributed by atoms with Crippen LogP contribution < -0.4 is 10.6 Å². The Labute approximate surface area is 148 Å². The Morgan fingerprint density at radius 3 is 3.04 bits per heavy atom. The zero-order chi connectivity index (χ0) is 17.6. The average molecular weight is 345 g/mol. The Morgan fingerprint density at radius 2 is 2.24 bits per heavy atom. The van der Waals surface area contributed by atoms with Crippen LogP contribution in [0.1, 0.15) is 25.7 Å². The van der Waals surface area contributed by atoms with E-state index in [4.69, 9.17) is 4.74 Å². The van der Waals surface area contributed by atoms with Crippen LogP contribution in [0.3, 0.4) is 0 Å². The van der Waals surface area contributed by atoms with Crippen LogP contribution in [0.2, 0.25) is 0 Å². The minimum absolute atomic E-state index is 0.200. The lowest BCUT2D eigenvalue weighted by Gasteiger charge is -2.25. The second-order valence-corrected chi connectivity index (χ2v) is 6.80. The topological polar surface area (TPSA) is 75.5 Å². The van der Waals surface area contributed by atoms with E-state index in [-0.39, 0.29) is 12.1 Å². The number of nitrogens with zero attached hydrogens (tertiary/aromatic N) is 1. The Kier molecular flexibility index (Phi) is 5.94. The van der Waals surface area contributed by atoms with Crippen molar-refractivity contribution in [2.45, 2.75) is 38.3 Å². The van der Waals surface area contributed by atoms with E-state index in [0.717, 1.165) is 48.8 Å². The quantitative estimate of drug-likeness (QED) is 0.753. The number of methoxy groups -OCH3 is 1. The number of amides is 2. The molecule has 2 unspecified atom stereocenters. The summed E-state index contributed by atoms with van der Waals surface area (Å²) in [5, 5.41) is 16.7. The number of carbonyl (C=O) groups excluding carboxylic acids is 1. The van der Waals surface area contributed by atoms with Crippen molar-refractivity contribution in [3.8, 4) is 0 Å². The third-order valence-corrected chi connectivity index (χ3v) is 4.87. The van der Waals surface area contributed by atoms with Crippen molar-refractivity contribution >= 4 is 22.6 Å². The minimum atomic E-state index is -0.217. The molecular weight excluding hydrogens is 318 g/mol. The fourth-order valence-electron chi connectivity index (χ4n) is 3.51. The molecular formula is C19H27N3O3. The number of nitrogens with one attached hydrogen (secondary N) is 2. The van der Waals surface area contributed by atoms with E-state index in [1.165, 1.54) is 0 Å². The number of carbonyl (C=O) groups is 1. The first-order chi connectivity index (χ1) is 12.2. The molecule has 0 radical (unpaired) electrons. The second-order valence-electron chi connectivity index (χ2n) is 6.80. The highest BCUT2D eigenvalue weighted by Gasteiger charge is 2.20. The molecule has 2 amide bonds. The first-order valence-corrected chi connectivity index (χ1v) is 8.96. The van der Waals surface area contributed by atoms with Crippen LogP contribution in [0.25, 0.3) is 10.9 Å². The Morgan fingerprint density at radius 1 is 1.36 bits per heavy atom. The smallest absolute Gasteiger partial charge is 0.319 e. The van der Waals surface area contributed by atoms with Crippen LogP contribution in [0.4, 0.5) is 10.5 Å². The molecule has 1 aliphatic rings. The van der Waals surface area contributed by atoms with Gasteiger partial charge in [0.2, 0.25) is 0 Å². The Balaban J connectivity index is 1.57. The molecule has 1 fully saturated rings. The number of urea groups is 1. The lowest BCUT2D eigenvalue weighted by molar-refractivity contribution is 0.101. The summed E-state index contributed by atoms with van der Waals surface area (Å²) in [5.41, 5.74) is 1.84. The van der Waals surface area contributed by atoms with Crippen molar-refractivity contribution < 1.29 is 14.6 Å². The molecule has 0 aliphatic heterocycles. The normalized spacial score (nSPS) is 20.6. The molecule has 1 aliphatic carbocycles. The van der Waals surface area contributed by atoms with Gasteiger partial charge < -0.3 is 25.0 Å². The minimum Gasteiger partial charge on any atom is -0.393 e. The number of hydrogen-bond acceptors (Lipinski definition) is 3. The number of aliphatic hydroxyl groups is 1. The fraction of sp³-hybridized carbons (Fsp3) is 0.526. The molecule has 1 saturated carbocycles. The number of aliphatic hydroxyl groups excluding tert-OH is 1. The van der Waals surface area contributed by atoms with Crippen molar-refractivity contribution in [1.82, 2.24) is 9.88 Å². The highest BCUT2D eigenvalue weighted by molar-refractivity contribution is 5.92. The third kappa shape index (κ3) is 4.74. The number of benzene rings is 1. The van der Waals surface area contributed by atoms with Crippen LogP contribution in [0.5, 0.6) is 0 Å². The maximum absolute atomic E-state index is 12.2. The maximum atomic E-state index is 12.2. The van der Waals surface area contributed by atoms with Crippen LogP contribution in [0, 0.1) is 5.92 Å². The summed E-state index contributed by atoms with van der Waals surface area (Å²) in [6.07, 6.45) is 5.57. The first kappa shape index (κ1) is 17.8. The van der Waals surface area contributed by atoms with Gasteiger partial charge in [0.25, 0.3) is 0 Å². The number of rotatable bonds is 6. The third-order valence-electron chi connectivity index (χ3n) is 4.87. The van der Waals surface area contributed by atoms with Gasteiger partial charge in [-0.25, -0.2) is 4.79 Å². The van der Waals surface area contributed by atoms with E-state index in [9.17, 15) is 9.90 Å². The molecule has 2 atom stereocenters. The molecule has 6 heteroatoms. The molecule has 0 spiro atoms. The van der Waals surface area contributed by atoms with Gasteiger partial charge in [-0.3, -0.25) is 0 Å². The van der Waals surface area contributed by atoms with Gasteiger partial charge in [-0.15, -0.1) is 0 Å². The molecule has 2 aromatic rings. The monoisotopic (exact) mass is 345 g/mol. The molecule has 0 bridgehead atoms. The fourth-order valence-corrected chi connectivity index (χ4v) is 3.51. The van der Waals surface area contributed by atoms with Crippen LogP contribution in [-0.2, 0) is 11.3 Å². The number of hydrogen-bond donors (Lipinski definition) is 3. The van der Waals surface area contributed by atoms with Crippen LogP contribution in [-0.4, -0.2) is 42.1 Å². The van der Waals surface area contributed by atoms with Crippen molar-refractivity contribution in [3.05, 3.63) is 30.5 Å². The maximum Gasteiger partial charge on any atom is 0.319 e. The molecule has 6 nitrogen and oxygen atoms in total. The van der Waals surface area contributed by atoms with E-state index in [1.807, 2.05) is 24.4 Å². The number of anilines is 1. The van der Waals surface area contributed by atoms with Crippen molar-refractivity contribution in [2.24, 2.45) is 5.92 Å². The summed E-state index contributed by atoms with van der Waals surface area (Å²) in [6.45, 7) is 2.03. The zero-order valence-corrected chi connectivity index (χ0v) is 14.7. The molecule has 25 heavy (non-hydrogen) atoms. The van der Waals surface area contributed by atoms with Gasteiger partial charge in [0.15, 0.2) is 0 Å². The standard InChI is InChI=1S/C19H27N3O3/c1-25-10-9-22-8-7-15-5-6-16(12-18(15)22)21-19(24)20-13-14-3-2-4-17(23)11-14/h5-8,12,14,17,23H,2-4,9-11,13H2,1H3,(H2,20,21,24). The lowest BCUT2D eigenvalue weighted by Crippen LogP contribution is -2.35. The molecule has 3 rings (SSSR count). The van der Waals surface area contributed by atoms with Crippen molar-refractivity contribution in [2.75, 3.05) is 25.6 Å². The Hall–Kier alpha value is -2.05. The number of ether oxygens (including phenoxy) is 1. The molecule has 1 aromatic carbocycles. The van der Waals surface area contributed by atoms with Crippen LogP contribution in [0.15, 0.2) is 30.5 Å². The summed E-state index contributed by atoms with van der Waals surface area (Å²) in [5.74, 6) is 0.364. The summed E-state index contributed by atoms with van der Waals surface area (Å²) >= 11 is 0. The second kappa shape index (κ2) is 8.36. The van der Waals surface area contributed by atoms with E-state index in [0.29, 0.717) is 19.1 Å². The van der Waals surface area contributed by atoms with E-state index < -0.39 is 0 Å². The van der Waals surface area contributed by atoms with Crippen molar-refractivity contribution in [3.63, 3.8) is 0 Å². The highest BCUT2D eigenvalue weighted by atomic mass is 16.5. The van der Waals surface area contributed by atoms with Crippen LogP contribution >= 0.6 is 0 Å². The number of aromatic nitrogens is 1.